The summed E-state index contributed by atoms with van der Waals surface area (Å²) in [6.07, 6.45) is -4.09. The third-order valence-electron chi connectivity index (χ3n) is 5.12. The molecular weight excluding hydrogens is 542 g/mol. The summed E-state index contributed by atoms with van der Waals surface area (Å²) < 4.78 is 65.7. The molecule has 0 aliphatic rings. The maximum absolute atomic E-state index is 13.4. The molecule has 2 rings (SSSR count). The van der Waals surface area contributed by atoms with Crippen molar-refractivity contribution in [3.05, 3.63) is 63.6 Å². The summed E-state index contributed by atoms with van der Waals surface area (Å²) in [5.74, 6) is -1.32. The van der Waals surface area contributed by atoms with E-state index < -0.39 is 56.9 Å². The van der Waals surface area contributed by atoms with E-state index in [0.717, 1.165) is 23.3 Å². The highest BCUT2D eigenvalue weighted by Gasteiger charge is 2.35. The van der Waals surface area contributed by atoms with Crippen LogP contribution in [0.15, 0.2) is 42.5 Å². The van der Waals surface area contributed by atoms with Crippen LogP contribution in [-0.2, 0) is 32.3 Å². The molecule has 198 valence electrons. The molecule has 2 aromatic rings. The second-order valence-corrected chi connectivity index (χ2v) is 11.1. The van der Waals surface area contributed by atoms with Crippen molar-refractivity contribution in [3.8, 4) is 0 Å². The Balaban J connectivity index is 2.50. The molecule has 1 atom stereocenters. The van der Waals surface area contributed by atoms with Crippen LogP contribution in [0.4, 0.5) is 18.9 Å². The number of rotatable bonds is 9. The molecule has 0 aromatic heterocycles. The maximum atomic E-state index is 13.4. The number of carbonyl (C=O) groups is 2. The van der Waals surface area contributed by atoms with Crippen molar-refractivity contribution in [1.82, 2.24) is 10.2 Å². The predicted molar refractivity (Wildman–Crippen MR) is 133 cm³/mol. The van der Waals surface area contributed by atoms with Crippen LogP contribution < -0.4 is 9.62 Å². The van der Waals surface area contributed by atoms with Crippen molar-refractivity contribution in [1.29, 1.82) is 0 Å². The first kappa shape index (κ1) is 29.7. The topological polar surface area (TPSA) is 86.8 Å². The molecule has 0 fully saturated rings. The number of hydrogen-bond donors (Lipinski definition) is 1. The minimum Gasteiger partial charge on any atom is -0.352 e. The van der Waals surface area contributed by atoms with Crippen LogP contribution in [0.5, 0.6) is 0 Å². The van der Waals surface area contributed by atoms with E-state index in [9.17, 15) is 31.2 Å². The molecular formula is C23H26Cl2F3N3O4S. The SMILES string of the molecule is CC(C)NC(=O)[C@H](C)N(Cc1ccccc1Cl)C(=O)CN(c1ccc(Cl)c(C(F)(F)F)c1)S(C)(=O)=O. The smallest absolute Gasteiger partial charge is 0.352 e. The van der Waals surface area contributed by atoms with Crippen molar-refractivity contribution >= 4 is 50.7 Å². The lowest BCUT2D eigenvalue weighted by atomic mass is 10.1. The van der Waals surface area contributed by atoms with Gasteiger partial charge in [-0.05, 0) is 50.6 Å². The van der Waals surface area contributed by atoms with Gasteiger partial charge in [0.05, 0.1) is 22.5 Å². The Labute approximate surface area is 218 Å². The molecule has 0 bridgehead atoms. The third kappa shape index (κ3) is 7.75. The Bertz CT molecular complexity index is 1220. The van der Waals surface area contributed by atoms with Gasteiger partial charge >= 0.3 is 6.18 Å². The van der Waals surface area contributed by atoms with Gasteiger partial charge in [0.2, 0.25) is 21.8 Å². The van der Waals surface area contributed by atoms with E-state index in [-0.39, 0.29) is 12.6 Å². The van der Waals surface area contributed by atoms with Crippen molar-refractivity contribution < 1.29 is 31.2 Å². The fourth-order valence-electron chi connectivity index (χ4n) is 3.30. The number of hydrogen-bond acceptors (Lipinski definition) is 4. The minimum atomic E-state index is -4.85. The summed E-state index contributed by atoms with van der Waals surface area (Å²) >= 11 is 11.9. The van der Waals surface area contributed by atoms with Gasteiger partial charge in [0.15, 0.2) is 0 Å². The van der Waals surface area contributed by atoms with Crippen molar-refractivity contribution in [2.75, 3.05) is 17.1 Å². The Morgan fingerprint density at radius 3 is 2.17 bits per heavy atom. The van der Waals surface area contributed by atoms with E-state index >= 15 is 0 Å². The molecule has 0 aliphatic heterocycles. The van der Waals surface area contributed by atoms with Crippen LogP contribution in [0.1, 0.15) is 31.9 Å². The van der Waals surface area contributed by atoms with E-state index in [2.05, 4.69) is 5.32 Å². The van der Waals surface area contributed by atoms with Crippen LogP contribution in [0, 0.1) is 0 Å². The number of carbonyl (C=O) groups excluding carboxylic acids is 2. The van der Waals surface area contributed by atoms with Gasteiger partial charge in [-0.25, -0.2) is 8.42 Å². The van der Waals surface area contributed by atoms with E-state index in [0.29, 0.717) is 21.0 Å². The Morgan fingerprint density at radius 2 is 1.64 bits per heavy atom. The molecule has 0 saturated carbocycles. The van der Waals surface area contributed by atoms with Gasteiger partial charge in [-0.2, -0.15) is 13.2 Å². The number of nitrogens with one attached hydrogen (secondary N) is 1. The highest BCUT2D eigenvalue weighted by molar-refractivity contribution is 7.92. The predicted octanol–water partition coefficient (Wildman–Crippen LogP) is 4.72. The van der Waals surface area contributed by atoms with E-state index in [1.165, 1.54) is 6.92 Å². The van der Waals surface area contributed by atoms with Gasteiger partial charge in [-0.3, -0.25) is 13.9 Å². The molecule has 13 heteroatoms. The zero-order chi connectivity index (χ0) is 27.4. The summed E-state index contributed by atoms with van der Waals surface area (Å²) in [4.78, 5) is 27.3. The first-order chi connectivity index (χ1) is 16.5. The van der Waals surface area contributed by atoms with Crippen LogP contribution in [0.3, 0.4) is 0 Å². The van der Waals surface area contributed by atoms with E-state index in [4.69, 9.17) is 23.2 Å². The lowest BCUT2D eigenvalue weighted by Gasteiger charge is -2.32. The van der Waals surface area contributed by atoms with Crippen molar-refractivity contribution in [2.45, 2.75) is 45.6 Å². The van der Waals surface area contributed by atoms with Gasteiger partial charge in [0.25, 0.3) is 0 Å². The molecule has 0 unspecified atom stereocenters. The van der Waals surface area contributed by atoms with E-state index in [1.54, 1.807) is 38.1 Å². The molecule has 7 nitrogen and oxygen atoms in total. The summed E-state index contributed by atoms with van der Waals surface area (Å²) in [6, 6.07) is 7.83. The van der Waals surface area contributed by atoms with Crippen LogP contribution >= 0.6 is 23.2 Å². The van der Waals surface area contributed by atoms with Gasteiger partial charge in [-0.15, -0.1) is 0 Å². The monoisotopic (exact) mass is 567 g/mol. The third-order valence-corrected chi connectivity index (χ3v) is 6.96. The lowest BCUT2D eigenvalue weighted by Crippen LogP contribution is -2.52. The second kappa shape index (κ2) is 11.7. The van der Waals surface area contributed by atoms with E-state index in [1.807, 2.05) is 0 Å². The molecule has 1 N–H and O–H groups in total. The molecule has 0 heterocycles. The Kier molecular flexibility index (Phi) is 9.66. The summed E-state index contributed by atoms with van der Waals surface area (Å²) in [5.41, 5.74) is -1.16. The molecule has 0 aliphatic carbocycles. The number of alkyl halides is 3. The number of sulfonamides is 1. The fraction of sp³-hybridized carbons (Fsp3) is 0.391. The first-order valence-electron chi connectivity index (χ1n) is 10.7. The normalized spacial score (nSPS) is 12.8. The fourth-order valence-corrected chi connectivity index (χ4v) is 4.56. The average molecular weight is 568 g/mol. The first-order valence-corrected chi connectivity index (χ1v) is 13.3. The number of benzene rings is 2. The van der Waals surface area contributed by atoms with Crippen molar-refractivity contribution in [2.24, 2.45) is 0 Å². The summed E-state index contributed by atoms with van der Waals surface area (Å²) in [7, 11) is -4.22. The van der Waals surface area contributed by atoms with Gasteiger partial charge in [0, 0.05) is 17.6 Å². The summed E-state index contributed by atoms with van der Waals surface area (Å²) in [6.45, 7) is 3.92. The standard InChI is InChI=1S/C23H26Cl2F3N3O4S/c1-14(2)29-22(33)15(3)30(12-16-7-5-6-8-19(16)24)21(32)13-31(36(4,34)35)17-9-10-20(25)18(11-17)23(26,27)28/h5-11,14-15H,12-13H2,1-4H3,(H,29,33)/t15-/m0/s1. The van der Waals surface area contributed by atoms with Crippen LogP contribution in [0.2, 0.25) is 10.0 Å². The molecule has 36 heavy (non-hydrogen) atoms. The van der Waals surface area contributed by atoms with Crippen LogP contribution in [0.25, 0.3) is 0 Å². The average Bonchev–Trinajstić information content (AvgIpc) is 2.74. The zero-order valence-corrected chi connectivity index (χ0v) is 22.3. The number of nitrogens with zero attached hydrogens (tertiary/aromatic N) is 2. The van der Waals surface area contributed by atoms with Gasteiger partial charge < -0.3 is 10.2 Å². The molecule has 2 aromatic carbocycles. The molecule has 0 saturated heterocycles. The zero-order valence-electron chi connectivity index (χ0n) is 19.9. The minimum absolute atomic E-state index is 0.142. The maximum Gasteiger partial charge on any atom is 0.417 e. The van der Waals surface area contributed by atoms with Crippen molar-refractivity contribution in [3.63, 3.8) is 0 Å². The Morgan fingerprint density at radius 1 is 1.03 bits per heavy atom. The Hall–Kier alpha value is -2.50. The highest BCUT2D eigenvalue weighted by atomic mass is 35.5. The highest BCUT2D eigenvalue weighted by Crippen LogP contribution is 2.37. The number of amides is 2. The second-order valence-electron chi connectivity index (χ2n) is 8.38. The van der Waals surface area contributed by atoms with Crippen LogP contribution in [-0.4, -0.2) is 50.0 Å². The largest absolute Gasteiger partial charge is 0.417 e. The quantitative estimate of drug-likeness (QED) is 0.475. The molecule has 0 radical (unpaired) electrons. The van der Waals surface area contributed by atoms with Gasteiger partial charge in [0.1, 0.15) is 12.6 Å². The molecule has 0 spiro atoms. The molecule has 2 amide bonds. The number of halogens is 5. The summed E-state index contributed by atoms with van der Waals surface area (Å²) in [5, 5.41) is 2.39. The van der Waals surface area contributed by atoms with Gasteiger partial charge in [-0.1, -0.05) is 41.4 Å². The lowest BCUT2D eigenvalue weighted by molar-refractivity contribution is -0.139. The number of anilines is 1.